The van der Waals surface area contributed by atoms with Crippen LogP contribution in [-0.2, 0) is 6.54 Å². The predicted octanol–water partition coefficient (Wildman–Crippen LogP) is 4.36. The molecule has 2 aromatic rings. The summed E-state index contributed by atoms with van der Waals surface area (Å²) < 4.78 is 0.970. The number of nitrogens with zero attached hydrogens (tertiary/aromatic N) is 1. The number of rotatable bonds is 4. The number of halogens is 1. The summed E-state index contributed by atoms with van der Waals surface area (Å²) in [5, 5.41) is 3.04. The second-order valence-electron chi connectivity index (χ2n) is 5.20. The van der Waals surface area contributed by atoms with E-state index in [1.807, 2.05) is 30.3 Å². The Morgan fingerprint density at radius 1 is 1.19 bits per heavy atom. The van der Waals surface area contributed by atoms with E-state index in [2.05, 4.69) is 32.2 Å². The lowest BCUT2D eigenvalue weighted by atomic mass is 10.1. The molecule has 21 heavy (non-hydrogen) atoms. The van der Waals surface area contributed by atoms with Crippen LogP contribution in [0.4, 0.5) is 5.69 Å². The fraction of sp³-hybridized carbons (Fsp3) is 0.312. The lowest BCUT2D eigenvalue weighted by Crippen LogP contribution is -2.20. The molecule has 0 saturated carbocycles. The van der Waals surface area contributed by atoms with E-state index >= 15 is 0 Å². The lowest BCUT2D eigenvalue weighted by Gasteiger charge is -2.17. The first-order chi connectivity index (χ1) is 10.2. The van der Waals surface area contributed by atoms with Crippen LogP contribution in [0.3, 0.4) is 0 Å². The number of hydrogen-bond acceptors (Lipinski definition) is 3. The van der Waals surface area contributed by atoms with Crippen LogP contribution in [0.2, 0.25) is 0 Å². The Kier molecular flexibility index (Phi) is 4.73. The normalized spacial score (nSPS) is 15.3. The van der Waals surface area contributed by atoms with Crippen LogP contribution in [0.5, 0.6) is 0 Å². The Labute approximate surface area is 137 Å². The highest BCUT2D eigenvalue weighted by Gasteiger charge is 2.15. The summed E-state index contributed by atoms with van der Waals surface area (Å²) >= 11 is 4.84. The van der Waals surface area contributed by atoms with E-state index in [4.69, 9.17) is 0 Å². The first-order valence-electron chi connectivity index (χ1n) is 7.09. The Balaban J connectivity index is 1.73. The second kappa shape index (κ2) is 6.73. The van der Waals surface area contributed by atoms with Gasteiger partial charge in [-0.3, -0.25) is 9.69 Å². The minimum Gasteiger partial charge on any atom is -0.321 e. The Morgan fingerprint density at radius 3 is 2.67 bits per heavy atom. The third-order valence-corrected chi connectivity index (χ3v) is 5.28. The van der Waals surface area contributed by atoms with Gasteiger partial charge in [-0.2, -0.15) is 0 Å². The molecule has 1 aromatic carbocycles. The molecule has 110 valence electrons. The van der Waals surface area contributed by atoms with Gasteiger partial charge in [0.1, 0.15) is 0 Å². The largest absolute Gasteiger partial charge is 0.321 e. The molecule has 3 nitrogen and oxygen atoms in total. The van der Waals surface area contributed by atoms with E-state index < -0.39 is 0 Å². The van der Waals surface area contributed by atoms with Gasteiger partial charge in [-0.1, -0.05) is 18.2 Å². The summed E-state index contributed by atoms with van der Waals surface area (Å²) in [7, 11) is 0. The van der Waals surface area contributed by atoms with E-state index in [1.165, 1.54) is 29.7 Å². The Hall–Kier alpha value is -1.17. The van der Waals surface area contributed by atoms with Crippen LogP contribution in [0.25, 0.3) is 0 Å². The fourth-order valence-corrected chi connectivity index (χ4v) is 3.86. The highest BCUT2D eigenvalue weighted by atomic mass is 79.9. The first-order valence-corrected chi connectivity index (χ1v) is 8.70. The molecule has 0 radical (unpaired) electrons. The maximum absolute atomic E-state index is 12.3. The molecule has 1 amide bonds. The fourth-order valence-electron chi connectivity index (χ4n) is 2.58. The number of hydrogen-bond donors (Lipinski definition) is 1. The lowest BCUT2D eigenvalue weighted by molar-refractivity contribution is 0.103. The molecule has 1 aliphatic rings. The summed E-state index contributed by atoms with van der Waals surface area (Å²) in [5.74, 6) is -0.0421. The van der Waals surface area contributed by atoms with Crippen molar-refractivity contribution < 1.29 is 4.79 Å². The third kappa shape index (κ3) is 3.73. The zero-order valence-electron chi connectivity index (χ0n) is 11.6. The van der Waals surface area contributed by atoms with Crippen LogP contribution in [0, 0.1) is 0 Å². The van der Waals surface area contributed by atoms with Crippen molar-refractivity contribution in [2.75, 3.05) is 18.4 Å². The smallest absolute Gasteiger partial charge is 0.265 e. The first kappa shape index (κ1) is 14.8. The summed E-state index contributed by atoms with van der Waals surface area (Å²) in [4.78, 5) is 15.4. The van der Waals surface area contributed by atoms with Crippen molar-refractivity contribution in [2.24, 2.45) is 0 Å². The third-order valence-electron chi connectivity index (χ3n) is 3.66. The molecule has 1 N–H and O–H groups in total. The van der Waals surface area contributed by atoms with E-state index in [-0.39, 0.29) is 5.91 Å². The molecule has 1 fully saturated rings. The summed E-state index contributed by atoms with van der Waals surface area (Å²) in [5.41, 5.74) is 2.10. The van der Waals surface area contributed by atoms with Crippen LogP contribution >= 0.6 is 27.3 Å². The molecule has 1 aliphatic heterocycles. The van der Waals surface area contributed by atoms with E-state index in [0.29, 0.717) is 0 Å². The molecule has 0 aliphatic carbocycles. The molecule has 3 rings (SSSR count). The predicted molar refractivity (Wildman–Crippen MR) is 90.9 cm³/mol. The highest BCUT2D eigenvalue weighted by molar-refractivity contribution is 9.11. The molecule has 0 atom stereocenters. The molecular formula is C16H17BrN2OS. The van der Waals surface area contributed by atoms with Crippen molar-refractivity contribution in [3.8, 4) is 0 Å². The maximum Gasteiger partial charge on any atom is 0.265 e. The number of amides is 1. The minimum atomic E-state index is -0.0421. The summed E-state index contributed by atoms with van der Waals surface area (Å²) in [6.45, 7) is 3.21. The van der Waals surface area contributed by atoms with Gasteiger partial charge in [-0.25, -0.2) is 0 Å². The van der Waals surface area contributed by atoms with Crippen molar-refractivity contribution in [3.63, 3.8) is 0 Å². The van der Waals surface area contributed by atoms with Crippen LogP contribution in [0.1, 0.15) is 28.1 Å². The molecule has 2 heterocycles. The zero-order chi connectivity index (χ0) is 14.7. The van der Waals surface area contributed by atoms with Gasteiger partial charge in [0.15, 0.2) is 0 Å². The number of thiophene rings is 1. The van der Waals surface area contributed by atoms with Gasteiger partial charge in [0, 0.05) is 12.2 Å². The van der Waals surface area contributed by atoms with Gasteiger partial charge < -0.3 is 5.32 Å². The molecule has 0 unspecified atom stereocenters. The van der Waals surface area contributed by atoms with Crippen LogP contribution < -0.4 is 5.32 Å². The molecule has 1 aromatic heterocycles. The number of carbonyl (C=O) groups excluding carboxylic acids is 1. The summed E-state index contributed by atoms with van der Waals surface area (Å²) in [6.07, 6.45) is 2.55. The second-order valence-corrected chi connectivity index (χ2v) is 7.66. The van der Waals surface area contributed by atoms with Crippen molar-refractivity contribution >= 4 is 38.9 Å². The summed E-state index contributed by atoms with van der Waals surface area (Å²) in [6, 6.07) is 11.8. The van der Waals surface area contributed by atoms with Crippen molar-refractivity contribution in [1.82, 2.24) is 4.90 Å². The van der Waals surface area contributed by atoms with Gasteiger partial charge in [0.25, 0.3) is 5.91 Å². The number of likely N-dealkylation sites (tertiary alicyclic amines) is 1. The number of carbonyl (C=O) groups is 1. The van der Waals surface area contributed by atoms with Crippen molar-refractivity contribution in [3.05, 3.63) is 50.6 Å². The van der Waals surface area contributed by atoms with Gasteiger partial charge in [0.05, 0.1) is 8.66 Å². The van der Waals surface area contributed by atoms with Gasteiger partial charge in [-0.05, 0) is 65.6 Å². The molecular weight excluding hydrogens is 348 g/mol. The highest BCUT2D eigenvalue weighted by Crippen LogP contribution is 2.25. The molecule has 5 heteroatoms. The zero-order valence-corrected chi connectivity index (χ0v) is 14.0. The Morgan fingerprint density at radius 2 is 1.95 bits per heavy atom. The van der Waals surface area contributed by atoms with E-state index in [1.54, 1.807) is 0 Å². The minimum absolute atomic E-state index is 0.0421. The number of anilines is 1. The van der Waals surface area contributed by atoms with Crippen LogP contribution in [-0.4, -0.2) is 23.9 Å². The number of para-hydroxylation sites is 1. The van der Waals surface area contributed by atoms with Gasteiger partial charge >= 0.3 is 0 Å². The molecule has 1 saturated heterocycles. The standard InChI is InChI=1S/C16H17BrN2OS/c17-15-8-7-14(21-15)16(20)18-13-6-2-1-5-12(13)11-19-9-3-4-10-19/h1-2,5-8H,3-4,9-11H2,(H,18,20). The van der Waals surface area contributed by atoms with E-state index in [9.17, 15) is 4.79 Å². The molecule has 0 spiro atoms. The van der Waals surface area contributed by atoms with Gasteiger partial charge in [0.2, 0.25) is 0 Å². The maximum atomic E-state index is 12.3. The average molecular weight is 365 g/mol. The number of benzene rings is 1. The van der Waals surface area contributed by atoms with Gasteiger partial charge in [-0.15, -0.1) is 11.3 Å². The topological polar surface area (TPSA) is 32.3 Å². The number of nitrogens with one attached hydrogen (secondary N) is 1. The van der Waals surface area contributed by atoms with Crippen molar-refractivity contribution in [1.29, 1.82) is 0 Å². The average Bonchev–Trinajstić information content (AvgIpc) is 3.12. The monoisotopic (exact) mass is 364 g/mol. The van der Waals surface area contributed by atoms with Crippen LogP contribution in [0.15, 0.2) is 40.2 Å². The quantitative estimate of drug-likeness (QED) is 0.873. The van der Waals surface area contributed by atoms with Crippen molar-refractivity contribution in [2.45, 2.75) is 19.4 Å². The SMILES string of the molecule is O=C(Nc1ccccc1CN1CCCC1)c1ccc(Br)s1. The van der Waals surface area contributed by atoms with E-state index in [0.717, 1.165) is 34.0 Å². The molecule has 0 bridgehead atoms. The Bertz CT molecular complexity index is 635.